The third kappa shape index (κ3) is 2.78. The van der Waals surface area contributed by atoms with E-state index in [9.17, 15) is 0 Å². The molecule has 0 radical (unpaired) electrons. The van der Waals surface area contributed by atoms with E-state index in [2.05, 4.69) is 23.8 Å². The minimum Gasteiger partial charge on any atom is -0.382 e. The highest BCUT2D eigenvalue weighted by molar-refractivity contribution is 5.61. The number of aromatic nitrogens is 1. The Balaban J connectivity index is 2.63. The fourth-order valence-corrected chi connectivity index (χ4v) is 1.11. The van der Waals surface area contributed by atoms with Crippen LogP contribution in [0, 0.1) is 0 Å². The van der Waals surface area contributed by atoms with E-state index in [1.54, 1.807) is 6.20 Å². The molecular weight excluding hydrogens is 162 g/mol. The Morgan fingerprint density at radius 2 is 2.54 bits per heavy atom. The third-order valence-corrected chi connectivity index (χ3v) is 1.76. The highest BCUT2D eigenvalue weighted by Gasteiger charge is 2.02. The Morgan fingerprint density at radius 1 is 1.77 bits per heavy atom. The van der Waals surface area contributed by atoms with Crippen LogP contribution in [0.25, 0.3) is 0 Å². The summed E-state index contributed by atoms with van der Waals surface area (Å²) in [7, 11) is 0. The molecule has 0 bridgehead atoms. The number of nitrogens with two attached hydrogens (primary N) is 1. The third-order valence-electron chi connectivity index (χ3n) is 1.76. The van der Waals surface area contributed by atoms with E-state index in [1.807, 2.05) is 18.2 Å². The van der Waals surface area contributed by atoms with Gasteiger partial charge in [0, 0.05) is 12.2 Å². The van der Waals surface area contributed by atoms with Crippen LogP contribution in [-0.2, 0) is 0 Å². The molecule has 0 amide bonds. The highest BCUT2D eigenvalue weighted by Crippen LogP contribution is 2.15. The molecule has 0 aliphatic rings. The van der Waals surface area contributed by atoms with E-state index in [0.717, 1.165) is 12.1 Å². The smallest absolute Gasteiger partial charge is 0.146 e. The van der Waals surface area contributed by atoms with E-state index in [0.29, 0.717) is 11.9 Å². The molecule has 0 spiro atoms. The van der Waals surface area contributed by atoms with Gasteiger partial charge in [-0.25, -0.2) is 4.98 Å². The summed E-state index contributed by atoms with van der Waals surface area (Å²) in [5, 5.41) is 3.25. The van der Waals surface area contributed by atoms with Gasteiger partial charge in [-0.2, -0.15) is 0 Å². The molecule has 0 fully saturated rings. The first kappa shape index (κ1) is 9.58. The predicted octanol–water partition coefficient (Wildman–Crippen LogP) is 2.04. The quantitative estimate of drug-likeness (QED) is 0.692. The largest absolute Gasteiger partial charge is 0.382 e. The van der Waals surface area contributed by atoms with Gasteiger partial charge in [-0.15, -0.1) is 6.58 Å². The van der Waals surface area contributed by atoms with Crippen molar-refractivity contribution in [1.82, 2.24) is 4.98 Å². The summed E-state index contributed by atoms with van der Waals surface area (Å²) in [6.45, 7) is 5.76. The van der Waals surface area contributed by atoms with Crippen LogP contribution in [0.2, 0.25) is 0 Å². The van der Waals surface area contributed by atoms with Crippen LogP contribution in [-0.4, -0.2) is 11.0 Å². The molecule has 0 aliphatic heterocycles. The predicted molar refractivity (Wildman–Crippen MR) is 56.5 cm³/mol. The Bertz CT molecular complexity index is 283. The number of nitrogens with zero attached hydrogens (tertiary/aromatic N) is 1. The second-order valence-corrected chi connectivity index (χ2v) is 3.01. The maximum Gasteiger partial charge on any atom is 0.146 e. The molecule has 0 aromatic carbocycles. The molecular formula is C10H15N3. The summed E-state index contributed by atoms with van der Waals surface area (Å²) >= 11 is 0. The average Bonchev–Trinajstić information content (AvgIpc) is 2.09. The SMILES string of the molecule is C=CCC(C)Nc1cccnc1N. The summed E-state index contributed by atoms with van der Waals surface area (Å²) in [6.07, 6.45) is 4.47. The zero-order valence-electron chi connectivity index (χ0n) is 7.83. The van der Waals surface area contributed by atoms with Crippen LogP contribution in [0.5, 0.6) is 0 Å². The van der Waals surface area contributed by atoms with Gasteiger partial charge in [-0.1, -0.05) is 6.08 Å². The molecule has 3 heteroatoms. The van der Waals surface area contributed by atoms with Gasteiger partial charge in [0.05, 0.1) is 5.69 Å². The molecule has 1 aromatic rings. The minimum atomic E-state index is 0.337. The lowest BCUT2D eigenvalue weighted by Gasteiger charge is -2.13. The Morgan fingerprint density at radius 3 is 3.15 bits per heavy atom. The number of nitrogens with one attached hydrogen (secondary N) is 1. The second-order valence-electron chi connectivity index (χ2n) is 3.01. The van der Waals surface area contributed by atoms with E-state index in [-0.39, 0.29) is 0 Å². The number of rotatable bonds is 4. The molecule has 70 valence electrons. The summed E-state index contributed by atoms with van der Waals surface area (Å²) in [4.78, 5) is 3.98. The molecule has 0 saturated carbocycles. The van der Waals surface area contributed by atoms with Gasteiger partial charge in [0.25, 0.3) is 0 Å². The van der Waals surface area contributed by atoms with Gasteiger partial charge in [0.1, 0.15) is 5.82 Å². The summed E-state index contributed by atoms with van der Waals surface area (Å²) in [5.41, 5.74) is 6.55. The van der Waals surface area contributed by atoms with Crippen molar-refractivity contribution in [2.45, 2.75) is 19.4 Å². The number of pyridine rings is 1. The van der Waals surface area contributed by atoms with Crippen molar-refractivity contribution < 1.29 is 0 Å². The van der Waals surface area contributed by atoms with Crippen molar-refractivity contribution in [3.63, 3.8) is 0 Å². The van der Waals surface area contributed by atoms with Crippen LogP contribution in [0.4, 0.5) is 11.5 Å². The first-order valence-corrected chi connectivity index (χ1v) is 4.32. The fourth-order valence-electron chi connectivity index (χ4n) is 1.11. The average molecular weight is 177 g/mol. The summed E-state index contributed by atoms with van der Waals surface area (Å²) in [6, 6.07) is 4.12. The molecule has 1 unspecified atom stereocenters. The molecule has 1 heterocycles. The molecule has 13 heavy (non-hydrogen) atoms. The summed E-state index contributed by atoms with van der Waals surface area (Å²) in [5.74, 6) is 0.540. The van der Waals surface area contributed by atoms with E-state index < -0.39 is 0 Å². The standard InChI is InChI=1S/C10H15N3/c1-3-5-8(2)13-9-6-4-7-12-10(9)11/h3-4,6-8,13H,1,5H2,2H3,(H2,11,12). The van der Waals surface area contributed by atoms with Crippen LogP contribution in [0.3, 0.4) is 0 Å². The molecule has 0 saturated heterocycles. The van der Waals surface area contributed by atoms with Gasteiger partial charge < -0.3 is 11.1 Å². The van der Waals surface area contributed by atoms with Gasteiger partial charge in [0.15, 0.2) is 0 Å². The van der Waals surface area contributed by atoms with Crippen LogP contribution in [0.15, 0.2) is 31.0 Å². The lowest BCUT2D eigenvalue weighted by Crippen LogP contribution is -2.15. The minimum absolute atomic E-state index is 0.337. The number of hydrogen-bond acceptors (Lipinski definition) is 3. The van der Waals surface area contributed by atoms with Gasteiger partial charge in [-0.3, -0.25) is 0 Å². The molecule has 1 aromatic heterocycles. The second kappa shape index (κ2) is 4.50. The molecule has 3 nitrogen and oxygen atoms in total. The van der Waals surface area contributed by atoms with Crippen LogP contribution >= 0.6 is 0 Å². The summed E-state index contributed by atoms with van der Waals surface area (Å²) < 4.78 is 0. The van der Waals surface area contributed by atoms with Crippen LogP contribution in [0.1, 0.15) is 13.3 Å². The fraction of sp³-hybridized carbons (Fsp3) is 0.300. The topological polar surface area (TPSA) is 50.9 Å². The van der Waals surface area contributed by atoms with Gasteiger partial charge in [-0.05, 0) is 25.5 Å². The Labute approximate surface area is 78.7 Å². The van der Waals surface area contributed by atoms with Crippen molar-refractivity contribution in [2.75, 3.05) is 11.1 Å². The number of anilines is 2. The normalized spacial score (nSPS) is 12.1. The lowest BCUT2D eigenvalue weighted by atomic mass is 10.2. The van der Waals surface area contributed by atoms with Gasteiger partial charge >= 0.3 is 0 Å². The zero-order valence-corrected chi connectivity index (χ0v) is 7.83. The van der Waals surface area contributed by atoms with Crippen molar-refractivity contribution in [2.24, 2.45) is 0 Å². The van der Waals surface area contributed by atoms with E-state index >= 15 is 0 Å². The van der Waals surface area contributed by atoms with E-state index in [4.69, 9.17) is 5.73 Å². The first-order valence-electron chi connectivity index (χ1n) is 4.32. The first-order chi connectivity index (χ1) is 6.24. The number of hydrogen-bond donors (Lipinski definition) is 2. The molecule has 1 rings (SSSR count). The number of nitrogen functional groups attached to an aromatic ring is 1. The van der Waals surface area contributed by atoms with Crippen LogP contribution < -0.4 is 11.1 Å². The van der Waals surface area contributed by atoms with E-state index in [1.165, 1.54) is 0 Å². The molecule has 0 aliphatic carbocycles. The molecule has 1 atom stereocenters. The van der Waals surface area contributed by atoms with Crippen molar-refractivity contribution in [3.8, 4) is 0 Å². The molecule has 3 N–H and O–H groups in total. The van der Waals surface area contributed by atoms with Crippen molar-refractivity contribution in [3.05, 3.63) is 31.0 Å². The maximum absolute atomic E-state index is 5.67. The zero-order chi connectivity index (χ0) is 9.68. The maximum atomic E-state index is 5.67. The van der Waals surface area contributed by atoms with Crippen molar-refractivity contribution >= 4 is 11.5 Å². The Kier molecular flexibility index (Phi) is 3.31. The Hall–Kier alpha value is -1.51. The highest BCUT2D eigenvalue weighted by atomic mass is 15.0. The lowest BCUT2D eigenvalue weighted by molar-refractivity contribution is 0.814. The van der Waals surface area contributed by atoms with Gasteiger partial charge in [0.2, 0.25) is 0 Å². The monoisotopic (exact) mass is 177 g/mol. The van der Waals surface area contributed by atoms with Crippen molar-refractivity contribution in [1.29, 1.82) is 0 Å².